The molecule has 0 amide bonds. The first-order valence-electron chi connectivity index (χ1n) is 5.17. The summed E-state index contributed by atoms with van der Waals surface area (Å²) in [7, 11) is 0. The summed E-state index contributed by atoms with van der Waals surface area (Å²) >= 11 is 5.01. The lowest BCUT2D eigenvalue weighted by Gasteiger charge is -2.03. The van der Waals surface area contributed by atoms with E-state index < -0.39 is 0 Å². The zero-order valence-electron chi connectivity index (χ0n) is 9.66. The van der Waals surface area contributed by atoms with Crippen molar-refractivity contribution in [1.82, 2.24) is 4.98 Å². The lowest BCUT2D eigenvalue weighted by molar-refractivity contribution is 0.489. The van der Waals surface area contributed by atoms with Crippen LogP contribution in [0.2, 0.25) is 0 Å². The molecule has 2 aromatic rings. The van der Waals surface area contributed by atoms with Crippen molar-refractivity contribution in [1.29, 1.82) is 0 Å². The van der Waals surface area contributed by atoms with Gasteiger partial charge in [0.15, 0.2) is 0 Å². The smallest absolute Gasteiger partial charge is 0.204 e. The van der Waals surface area contributed by atoms with E-state index in [9.17, 15) is 0 Å². The Morgan fingerprint density at radius 3 is 2.76 bits per heavy atom. The number of halogens is 1. The minimum atomic E-state index is 0.695. The number of oxazole rings is 1. The van der Waals surface area contributed by atoms with Crippen LogP contribution in [-0.4, -0.2) is 4.98 Å². The van der Waals surface area contributed by atoms with Crippen LogP contribution in [0.15, 0.2) is 32.0 Å². The second kappa shape index (κ2) is 5.14. The van der Waals surface area contributed by atoms with Gasteiger partial charge in [-0.3, -0.25) is 0 Å². The zero-order chi connectivity index (χ0) is 12.4. The number of rotatable bonds is 3. The average molecular weight is 313 g/mol. The first kappa shape index (κ1) is 12.5. The quantitative estimate of drug-likeness (QED) is 0.689. The number of thioether (sulfide) groups is 1. The van der Waals surface area contributed by atoms with E-state index in [0.717, 1.165) is 32.4 Å². The van der Waals surface area contributed by atoms with E-state index in [1.807, 2.05) is 32.0 Å². The maximum atomic E-state index is 5.92. The largest absolute Gasteiger partial charge is 0.445 e. The van der Waals surface area contributed by atoms with Crippen LogP contribution in [0.5, 0.6) is 0 Å². The van der Waals surface area contributed by atoms with Gasteiger partial charge in [-0.25, -0.2) is 4.98 Å². The molecule has 17 heavy (non-hydrogen) atoms. The Morgan fingerprint density at radius 2 is 2.18 bits per heavy atom. The predicted molar refractivity (Wildman–Crippen MR) is 74.1 cm³/mol. The van der Waals surface area contributed by atoms with Gasteiger partial charge >= 0.3 is 0 Å². The van der Waals surface area contributed by atoms with E-state index in [1.165, 1.54) is 0 Å². The van der Waals surface area contributed by atoms with Crippen molar-refractivity contribution in [2.24, 2.45) is 0 Å². The van der Waals surface area contributed by atoms with Crippen molar-refractivity contribution in [3.05, 3.63) is 40.0 Å². The summed E-state index contributed by atoms with van der Waals surface area (Å²) in [5.41, 5.74) is 7.64. The van der Waals surface area contributed by atoms with Crippen molar-refractivity contribution >= 4 is 33.4 Å². The molecular weight excluding hydrogens is 300 g/mol. The van der Waals surface area contributed by atoms with Crippen LogP contribution in [0.1, 0.15) is 17.3 Å². The monoisotopic (exact) mass is 312 g/mol. The second-order valence-corrected chi connectivity index (χ2v) is 5.65. The molecule has 5 heteroatoms. The first-order valence-corrected chi connectivity index (χ1v) is 6.95. The van der Waals surface area contributed by atoms with Gasteiger partial charge in [0.25, 0.3) is 0 Å². The van der Waals surface area contributed by atoms with Gasteiger partial charge in [-0.2, -0.15) is 0 Å². The molecule has 0 atom stereocenters. The van der Waals surface area contributed by atoms with Crippen LogP contribution < -0.4 is 5.73 Å². The standard InChI is InChI=1S/C12H13BrN2OS/c1-7-8(2)16-12(15-7)6-17-11-4-3-9(13)5-10(11)14/h3-5H,6,14H2,1-2H3. The molecule has 0 bridgehead atoms. The summed E-state index contributed by atoms with van der Waals surface area (Å²) in [6.45, 7) is 3.87. The van der Waals surface area contributed by atoms with Gasteiger partial charge in [-0.15, -0.1) is 11.8 Å². The maximum absolute atomic E-state index is 5.92. The van der Waals surface area contributed by atoms with Gasteiger partial charge in [0.2, 0.25) is 5.89 Å². The third kappa shape index (κ3) is 3.04. The fourth-order valence-electron chi connectivity index (χ4n) is 1.39. The molecule has 1 aromatic carbocycles. The second-order valence-electron chi connectivity index (χ2n) is 3.72. The zero-order valence-corrected chi connectivity index (χ0v) is 12.1. The topological polar surface area (TPSA) is 52.0 Å². The number of hydrogen-bond donors (Lipinski definition) is 1. The Morgan fingerprint density at radius 1 is 1.41 bits per heavy atom. The number of nitrogen functional groups attached to an aromatic ring is 1. The average Bonchev–Trinajstić information content (AvgIpc) is 2.57. The molecule has 0 saturated carbocycles. The molecule has 90 valence electrons. The van der Waals surface area contributed by atoms with Crippen LogP contribution in [0.25, 0.3) is 0 Å². The third-order valence-electron chi connectivity index (χ3n) is 2.40. The molecule has 0 saturated heterocycles. The van der Waals surface area contributed by atoms with E-state index in [-0.39, 0.29) is 0 Å². The predicted octanol–water partition coefficient (Wildman–Crippen LogP) is 3.93. The Bertz CT molecular complexity index is 520. The molecule has 2 rings (SSSR count). The number of hydrogen-bond acceptors (Lipinski definition) is 4. The number of nitrogens with zero attached hydrogens (tertiary/aromatic N) is 1. The first-order chi connectivity index (χ1) is 8.06. The molecule has 2 N–H and O–H groups in total. The highest BCUT2D eigenvalue weighted by Crippen LogP contribution is 2.30. The molecule has 0 unspecified atom stereocenters. The minimum Gasteiger partial charge on any atom is -0.445 e. The van der Waals surface area contributed by atoms with E-state index >= 15 is 0 Å². The number of aromatic nitrogens is 1. The van der Waals surface area contributed by atoms with Crippen molar-refractivity contribution in [3.63, 3.8) is 0 Å². The summed E-state index contributed by atoms with van der Waals surface area (Å²) in [4.78, 5) is 5.38. The fourth-order valence-corrected chi connectivity index (χ4v) is 2.56. The number of anilines is 1. The van der Waals surface area contributed by atoms with Crippen LogP contribution in [0.3, 0.4) is 0 Å². The highest BCUT2D eigenvalue weighted by molar-refractivity contribution is 9.10. The van der Waals surface area contributed by atoms with Gasteiger partial charge in [-0.1, -0.05) is 15.9 Å². The molecule has 0 fully saturated rings. The van der Waals surface area contributed by atoms with Gasteiger partial charge in [0.1, 0.15) is 5.76 Å². The fraction of sp³-hybridized carbons (Fsp3) is 0.250. The van der Waals surface area contributed by atoms with Gasteiger partial charge in [0.05, 0.1) is 11.4 Å². The molecule has 0 aliphatic carbocycles. The molecule has 1 aromatic heterocycles. The summed E-state index contributed by atoms with van der Waals surface area (Å²) in [6, 6.07) is 5.87. The Hall–Kier alpha value is -0.940. The normalized spacial score (nSPS) is 10.8. The molecule has 0 spiro atoms. The van der Waals surface area contributed by atoms with E-state index in [4.69, 9.17) is 10.2 Å². The van der Waals surface area contributed by atoms with Gasteiger partial charge in [-0.05, 0) is 32.0 Å². The number of nitrogens with two attached hydrogens (primary N) is 1. The third-order valence-corrected chi connectivity index (χ3v) is 3.96. The van der Waals surface area contributed by atoms with Crippen LogP contribution in [0.4, 0.5) is 5.69 Å². The molecule has 3 nitrogen and oxygen atoms in total. The van der Waals surface area contributed by atoms with Crippen molar-refractivity contribution in [3.8, 4) is 0 Å². The lowest BCUT2D eigenvalue weighted by Crippen LogP contribution is -1.89. The summed E-state index contributed by atoms with van der Waals surface area (Å²) in [5, 5.41) is 0. The van der Waals surface area contributed by atoms with Crippen molar-refractivity contribution < 1.29 is 4.42 Å². The summed E-state index contributed by atoms with van der Waals surface area (Å²) in [6.07, 6.45) is 0. The Labute approximate surface area is 113 Å². The van der Waals surface area contributed by atoms with Crippen molar-refractivity contribution in [2.45, 2.75) is 24.5 Å². The SMILES string of the molecule is Cc1nc(CSc2ccc(Br)cc2N)oc1C. The van der Waals surface area contributed by atoms with E-state index in [1.54, 1.807) is 11.8 Å². The lowest BCUT2D eigenvalue weighted by atomic mass is 10.3. The molecular formula is C12H13BrN2OS. The molecule has 0 aliphatic heterocycles. The maximum Gasteiger partial charge on any atom is 0.204 e. The van der Waals surface area contributed by atoms with Crippen LogP contribution >= 0.6 is 27.7 Å². The summed E-state index contributed by atoms with van der Waals surface area (Å²) in [5.74, 6) is 2.32. The van der Waals surface area contributed by atoms with Gasteiger partial charge < -0.3 is 10.2 Å². The van der Waals surface area contributed by atoms with Crippen molar-refractivity contribution in [2.75, 3.05) is 5.73 Å². The molecule has 0 radical (unpaired) electrons. The Kier molecular flexibility index (Phi) is 3.79. The number of aryl methyl sites for hydroxylation is 2. The molecule has 1 heterocycles. The number of benzene rings is 1. The highest BCUT2D eigenvalue weighted by Gasteiger charge is 2.07. The van der Waals surface area contributed by atoms with Gasteiger partial charge in [0, 0.05) is 15.1 Å². The van der Waals surface area contributed by atoms with Crippen LogP contribution in [0, 0.1) is 13.8 Å². The highest BCUT2D eigenvalue weighted by atomic mass is 79.9. The van der Waals surface area contributed by atoms with E-state index in [0.29, 0.717) is 5.75 Å². The molecule has 0 aliphatic rings. The van der Waals surface area contributed by atoms with E-state index in [2.05, 4.69) is 20.9 Å². The minimum absolute atomic E-state index is 0.695. The summed E-state index contributed by atoms with van der Waals surface area (Å²) < 4.78 is 6.51. The van der Waals surface area contributed by atoms with Crippen LogP contribution in [-0.2, 0) is 5.75 Å². The Balaban J connectivity index is 2.07.